The standard InChI is InChI=1S/C6H9NO3/c1-4-2-6(4,5(9)10)7-3-8/h3-4H,2H2,1H3,(H,7,8)(H,9,10)/t4-,6-/m1/s1. The summed E-state index contributed by atoms with van der Waals surface area (Å²) in [6.07, 6.45) is 0.985. The van der Waals surface area contributed by atoms with Gasteiger partial charge in [-0.05, 0) is 12.3 Å². The van der Waals surface area contributed by atoms with E-state index in [-0.39, 0.29) is 5.92 Å². The molecular formula is C6H9NO3. The molecule has 0 spiro atoms. The summed E-state index contributed by atoms with van der Waals surface area (Å²) in [6.45, 7) is 1.80. The molecule has 0 aromatic rings. The van der Waals surface area contributed by atoms with Crippen LogP contribution in [0.4, 0.5) is 0 Å². The van der Waals surface area contributed by atoms with E-state index in [0.717, 1.165) is 0 Å². The number of nitrogens with one attached hydrogen (secondary N) is 1. The minimum Gasteiger partial charge on any atom is -0.479 e. The van der Waals surface area contributed by atoms with Crippen LogP contribution in [-0.2, 0) is 9.59 Å². The van der Waals surface area contributed by atoms with Gasteiger partial charge in [0.25, 0.3) is 0 Å². The van der Waals surface area contributed by atoms with Crippen molar-refractivity contribution in [2.75, 3.05) is 0 Å². The molecular weight excluding hydrogens is 134 g/mol. The lowest BCUT2D eigenvalue weighted by molar-refractivity contribution is -0.142. The van der Waals surface area contributed by atoms with Crippen molar-refractivity contribution in [3.05, 3.63) is 0 Å². The maximum atomic E-state index is 10.5. The summed E-state index contributed by atoms with van der Waals surface area (Å²) in [5.41, 5.74) is -0.943. The van der Waals surface area contributed by atoms with Crippen LogP contribution in [0.2, 0.25) is 0 Å². The number of carboxylic acid groups (broad SMARTS) is 1. The van der Waals surface area contributed by atoms with Crippen LogP contribution >= 0.6 is 0 Å². The molecule has 0 heterocycles. The lowest BCUT2D eigenvalue weighted by atomic mass is 10.2. The average Bonchev–Trinajstić information content (AvgIpc) is 2.44. The van der Waals surface area contributed by atoms with Gasteiger partial charge in [-0.15, -0.1) is 0 Å². The number of carboxylic acids is 1. The van der Waals surface area contributed by atoms with Crippen LogP contribution < -0.4 is 5.32 Å². The monoisotopic (exact) mass is 143 g/mol. The van der Waals surface area contributed by atoms with Gasteiger partial charge in [0.2, 0.25) is 6.41 Å². The Morgan fingerprint density at radius 2 is 2.40 bits per heavy atom. The van der Waals surface area contributed by atoms with Crippen LogP contribution in [0.3, 0.4) is 0 Å². The van der Waals surface area contributed by atoms with Crippen LogP contribution in [0.25, 0.3) is 0 Å². The molecule has 1 amide bonds. The first-order chi connectivity index (χ1) is 4.63. The van der Waals surface area contributed by atoms with Crippen LogP contribution in [0.5, 0.6) is 0 Å². The molecule has 2 atom stereocenters. The summed E-state index contributed by atoms with van der Waals surface area (Å²) in [5.74, 6) is -0.873. The largest absolute Gasteiger partial charge is 0.479 e. The normalized spacial score (nSPS) is 36.7. The lowest BCUT2D eigenvalue weighted by Gasteiger charge is -2.07. The number of hydrogen-bond acceptors (Lipinski definition) is 2. The summed E-state index contributed by atoms with van der Waals surface area (Å²) < 4.78 is 0. The number of rotatable bonds is 3. The van der Waals surface area contributed by atoms with E-state index in [2.05, 4.69) is 5.32 Å². The second-order valence-corrected chi connectivity index (χ2v) is 2.64. The highest BCUT2D eigenvalue weighted by molar-refractivity contribution is 5.85. The van der Waals surface area contributed by atoms with Crippen LogP contribution in [-0.4, -0.2) is 23.0 Å². The van der Waals surface area contributed by atoms with Gasteiger partial charge in [-0.2, -0.15) is 0 Å². The van der Waals surface area contributed by atoms with Gasteiger partial charge in [0.15, 0.2) is 0 Å². The van der Waals surface area contributed by atoms with Gasteiger partial charge < -0.3 is 10.4 Å². The smallest absolute Gasteiger partial charge is 0.329 e. The van der Waals surface area contributed by atoms with Gasteiger partial charge in [0.1, 0.15) is 5.54 Å². The topological polar surface area (TPSA) is 66.4 Å². The van der Waals surface area contributed by atoms with Gasteiger partial charge in [-0.25, -0.2) is 4.79 Å². The molecule has 4 heteroatoms. The van der Waals surface area contributed by atoms with Crippen molar-refractivity contribution in [2.45, 2.75) is 18.9 Å². The van der Waals surface area contributed by atoms with E-state index in [1.165, 1.54) is 0 Å². The molecule has 56 valence electrons. The third-order valence-corrected chi connectivity index (χ3v) is 2.01. The maximum Gasteiger partial charge on any atom is 0.329 e. The minimum atomic E-state index is -0.943. The fraction of sp³-hybridized carbons (Fsp3) is 0.667. The summed E-state index contributed by atoms with van der Waals surface area (Å²) in [4.78, 5) is 20.4. The van der Waals surface area contributed by atoms with E-state index in [1.807, 2.05) is 0 Å². The number of aliphatic carboxylic acids is 1. The molecule has 4 nitrogen and oxygen atoms in total. The van der Waals surface area contributed by atoms with Gasteiger partial charge >= 0.3 is 5.97 Å². The highest BCUT2D eigenvalue weighted by Crippen LogP contribution is 2.42. The minimum absolute atomic E-state index is 0.0650. The summed E-state index contributed by atoms with van der Waals surface area (Å²) in [6, 6.07) is 0. The Kier molecular flexibility index (Phi) is 1.39. The first kappa shape index (κ1) is 7.05. The molecule has 0 saturated heterocycles. The molecule has 0 radical (unpaired) electrons. The molecule has 0 aromatic heterocycles. The van der Waals surface area contributed by atoms with Gasteiger partial charge in [-0.3, -0.25) is 4.79 Å². The van der Waals surface area contributed by atoms with Crippen LogP contribution in [0, 0.1) is 5.92 Å². The van der Waals surface area contributed by atoms with E-state index in [0.29, 0.717) is 12.8 Å². The second-order valence-electron chi connectivity index (χ2n) is 2.64. The van der Waals surface area contributed by atoms with Crippen molar-refractivity contribution in [3.8, 4) is 0 Å². The Bertz CT molecular complexity index is 180. The van der Waals surface area contributed by atoms with E-state index in [1.54, 1.807) is 6.92 Å². The van der Waals surface area contributed by atoms with Crippen LogP contribution in [0.1, 0.15) is 13.3 Å². The summed E-state index contributed by atoms with van der Waals surface area (Å²) in [7, 11) is 0. The summed E-state index contributed by atoms with van der Waals surface area (Å²) in [5, 5.41) is 10.9. The zero-order chi connectivity index (χ0) is 7.78. The Labute approximate surface area is 58.2 Å². The molecule has 0 unspecified atom stereocenters. The fourth-order valence-corrected chi connectivity index (χ4v) is 1.09. The third kappa shape index (κ3) is 0.761. The Hall–Kier alpha value is -1.06. The molecule has 1 aliphatic carbocycles. The third-order valence-electron chi connectivity index (χ3n) is 2.01. The average molecular weight is 143 g/mol. The molecule has 0 bridgehead atoms. The van der Waals surface area contributed by atoms with Gasteiger partial charge in [0, 0.05) is 0 Å². The molecule has 1 aliphatic rings. The van der Waals surface area contributed by atoms with Gasteiger partial charge in [0.05, 0.1) is 0 Å². The lowest BCUT2D eigenvalue weighted by Crippen LogP contribution is -2.39. The van der Waals surface area contributed by atoms with Crippen molar-refractivity contribution in [2.24, 2.45) is 5.92 Å². The molecule has 10 heavy (non-hydrogen) atoms. The highest BCUT2D eigenvalue weighted by atomic mass is 16.4. The van der Waals surface area contributed by atoms with Gasteiger partial charge in [-0.1, -0.05) is 6.92 Å². The molecule has 2 N–H and O–H groups in total. The van der Waals surface area contributed by atoms with Crippen molar-refractivity contribution < 1.29 is 14.7 Å². The first-order valence-corrected chi connectivity index (χ1v) is 3.08. The van der Waals surface area contributed by atoms with Crippen molar-refractivity contribution in [1.82, 2.24) is 5.32 Å². The quantitative estimate of drug-likeness (QED) is 0.528. The predicted molar refractivity (Wildman–Crippen MR) is 33.3 cm³/mol. The van der Waals surface area contributed by atoms with Crippen molar-refractivity contribution in [1.29, 1.82) is 0 Å². The van der Waals surface area contributed by atoms with Crippen molar-refractivity contribution >= 4 is 12.4 Å². The van der Waals surface area contributed by atoms with Crippen molar-refractivity contribution in [3.63, 3.8) is 0 Å². The fourth-order valence-electron chi connectivity index (χ4n) is 1.09. The second kappa shape index (κ2) is 1.97. The van der Waals surface area contributed by atoms with Crippen LogP contribution in [0.15, 0.2) is 0 Å². The predicted octanol–water partition coefficient (Wildman–Crippen LogP) is -0.404. The molecule has 1 saturated carbocycles. The number of amides is 1. The molecule has 1 rings (SSSR count). The Morgan fingerprint density at radius 3 is 2.50 bits per heavy atom. The molecule has 1 fully saturated rings. The first-order valence-electron chi connectivity index (χ1n) is 3.08. The highest BCUT2D eigenvalue weighted by Gasteiger charge is 2.57. The Morgan fingerprint density at radius 1 is 1.90 bits per heavy atom. The Balaban J connectivity index is 2.63. The zero-order valence-corrected chi connectivity index (χ0v) is 5.63. The molecule has 0 aliphatic heterocycles. The van der Waals surface area contributed by atoms with E-state index < -0.39 is 11.5 Å². The maximum absolute atomic E-state index is 10.5. The summed E-state index contributed by atoms with van der Waals surface area (Å²) >= 11 is 0. The zero-order valence-electron chi connectivity index (χ0n) is 5.63. The van der Waals surface area contributed by atoms with E-state index in [4.69, 9.17) is 5.11 Å². The number of carbonyl (C=O) groups excluding carboxylic acids is 1. The number of carbonyl (C=O) groups is 2. The SMILES string of the molecule is C[C@@H]1C[C@]1(NC=O)C(=O)O. The molecule has 0 aromatic carbocycles. The van der Waals surface area contributed by atoms with E-state index >= 15 is 0 Å². The van der Waals surface area contributed by atoms with E-state index in [9.17, 15) is 9.59 Å². The number of hydrogen-bond donors (Lipinski definition) is 2.